The molecule has 28 heavy (non-hydrogen) atoms. The van der Waals surface area contributed by atoms with Gasteiger partial charge in [0, 0.05) is 5.56 Å². The van der Waals surface area contributed by atoms with Crippen molar-refractivity contribution < 1.29 is 22.6 Å². The second-order valence-corrected chi connectivity index (χ2v) is 7.09. The third-order valence-electron chi connectivity index (χ3n) is 4.26. The Hall–Kier alpha value is -3.14. The van der Waals surface area contributed by atoms with E-state index in [4.69, 9.17) is 9.47 Å². The molecule has 3 heterocycles. The van der Waals surface area contributed by atoms with Crippen molar-refractivity contribution in [2.75, 3.05) is 6.61 Å². The van der Waals surface area contributed by atoms with Gasteiger partial charge in [-0.05, 0) is 24.3 Å². The molecule has 0 spiro atoms. The Morgan fingerprint density at radius 1 is 1.00 bits per heavy atom. The Labute approximate surface area is 160 Å². The minimum atomic E-state index is -4.39. The first-order valence-corrected chi connectivity index (χ1v) is 9.09. The summed E-state index contributed by atoms with van der Waals surface area (Å²) < 4.78 is 51.5. The van der Waals surface area contributed by atoms with E-state index in [1.165, 1.54) is 28.0 Å². The lowest BCUT2D eigenvalue weighted by atomic mass is 10.1. The summed E-state index contributed by atoms with van der Waals surface area (Å²) in [6.45, 7) is 0.302. The summed E-state index contributed by atoms with van der Waals surface area (Å²) in [5.41, 5.74) is -0.231. The first kappa shape index (κ1) is 17.0. The Morgan fingerprint density at radius 3 is 2.50 bits per heavy atom. The number of aromatic nitrogens is 4. The van der Waals surface area contributed by atoms with Gasteiger partial charge in [-0.15, -0.1) is 10.2 Å². The van der Waals surface area contributed by atoms with Crippen molar-refractivity contribution in [3.63, 3.8) is 0 Å². The van der Waals surface area contributed by atoms with E-state index >= 15 is 0 Å². The molecule has 1 aliphatic rings. The molecule has 4 aromatic rings. The van der Waals surface area contributed by atoms with Gasteiger partial charge in [0.2, 0.25) is 4.96 Å². The van der Waals surface area contributed by atoms with Crippen molar-refractivity contribution in [1.29, 1.82) is 0 Å². The summed E-state index contributed by atoms with van der Waals surface area (Å²) in [5, 5.41) is 13.3. The van der Waals surface area contributed by atoms with Crippen molar-refractivity contribution in [2.24, 2.45) is 0 Å². The van der Waals surface area contributed by atoms with E-state index in [2.05, 4.69) is 15.3 Å². The van der Waals surface area contributed by atoms with Crippen LogP contribution in [0.2, 0.25) is 0 Å². The molecule has 0 saturated carbocycles. The maximum atomic E-state index is 12.8. The second kappa shape index (κ2) is 6.20. The Kier molecular flexibility index (Phi) is 3.76. The quantitative estimate of drug-likeness (QED) is 0.496. The van der Waals surface area contributed by atoms with Crippen LogP contribution >= 0.6 is 11.3 Å². The number of halogens is 3. The van der Waals surface area contributed by atoms with Crippen LogP contribution in [0, 0.1) is 0 Å². The monoisotopic (exact) mass is 404 g/mol. The topological polar surface area (TPSA) is 61.5 Å². The van der Waals surface area contributed by atoms with E-state index in [9.17, 15) is 13.2 Å². The van der Waals surface area contributed by atoms with Crippen molar-refractivity contribution in [3.05, 3.63) is 59.1 Å². The predicted octanol–water partition coefficient (Wildman–Crippen LogP) is 4.38. The number of ether oxygens (including phenoxy) is 2. The molecule has 2 aromatic carbocycles. The van der Waals surface area contributed by atoms with Crippen LogP contribution in [0.3, 0.4) is 0 Å². The number of hydrogen-bond acceptors (Lipinski definition) is 6. The molecule has 0 N–H and O–H groups in total. The fourth-order valence-electron chi connectivity index (χ4n) is 2.89. The number of nitrogens with zero attached hydrogens (tertiary/aromatic N) is 4. The van der Waals surface area contributed by atoms with Crippen molar-refractivity contribution in [3.8, 4) is 22.9 Å². The average Bonchev–Trinajstić information content (AvgIpc) is 3.28. The zero-order chi connectivity index (χ0) is 19.3. The fourth-order valence-corrected chi connectivity index (χ4v) is 3.74. The van der Waals surface area contributed by atoms with Crippen molar-refractivity contribution >= 4 is 16.3 Å². The maximum absolute atomic E-state index is 12.8. The molecule has 142 valence electrons. The van der Waals surface area contributed by atoms with Crippen molar-refractivity contribution in [2.45, 2.75) is 12.3 Å². The molecule has 1 atom stereocenters. The molecule has 10 heteroatoms. The van der Waals surface area contributed by atoms with Gasteiger partial charge in [0.25, 0.3) is 0 Å². The highest BCUT2D eigenvalue weighted by Gasteiger charge is 2.30. The van der Waals surface area contributed by atoms with Crippen LogP contribution in [0.4, 0.5) is 13.2 Å². The molecule has 2 aromatic heterocycles. The fraction of sp³-hybridized carbons (Fsp3) is 0.167. The lowest BCUT2D eigenvalue weighted by molar-refractivity contribution is -0.137. The highest BCUT2D eigenvalue weighted by atomic mass is 32.1. The molecule has 5 rings (SSSR count). The van der Waals surface area contributed by atoms with E-state index in [1.54, 1.807) is 0 Å². The first-order chi connectivity index (χ1) is 13.5. The van der Waals surface area contributed by atoms with Gasteiger partial charge in [-0.1, -0.05) is 35.6 Å². The lowest BCUT2D eigenvalue weighted by Gasteiger charge is -2.24. The molecular formula is C18H11F3N4O2S. The molecule has 0 fully saturated rings. The van der Waals surface area contributed by atoms with Crippen LogP contribution in [0.5, 0.6) is 11.5 Å². The van der Waals surface area contributed by atoms with Gasteiger partial charge in [0.15, 0.2) is 28.4 Å². The van der Waals surface area contributed by atoms with Crippen LogP contribution in [0.25, 0.3) is 16.3 Å². The van der Waals surface area contributed by atoms with Crippen LogP contribution in [0.15, 0.2) is 48.5 Å². The molecule has 1 aliphatic heterocycles. The first-order valence-electron chi connectivity index (χ1n) is 8.27. The molecular weight excluding hydrogens is 393 g/mol. The number of rotatable bonds is 2. The maximum Gasteiger partial charge on any atom is 0.416 e. The van der Waals surface area contributed by atoms with Gasteiger partial charge in [-0.25, -0.2) is 0 Å². The van der Waals surface area contributed by atoms with E-state index in [-0.39, 0.29) is 0 Å². The van der Waals surface area contributed by atoms with Crippen LogP contribution in [0.1, 0.15) is 16.7 Å². The number of fused-ring (bicyclic) bond motifs is 2. The minimum Gasteiger partial charge on any atom is -0.485 e. The Bertz CT molecular complexity index is 1150. The van der Waals surface area contributed by atoms with Gasteiger partial charge >= 0.3 is 6.18 Å². The summed E-state index contributed by atoms with van der Waals surface area (Å²) in [7, 11) is 0. The average molecular weight is 404 g/mol. The largest absolute Gasteiger partial charge is 0.485 e. The van der Waals surface area contributed by atoms with Gasteiger partial charge in [-0.3, -0.25) is 0 Å². The van der Waals surface area contributed by atoms with Gasteiger partial charge in [0.1, 0.15) is 6.61 Å². The molecule has 0 radical (unpaired) electrons. The molecule has 6 nitrogen and oxygen atoms in total. The zero-order valence-corrected chi connectivity index (χ0v) is 14.9. The highest BCUT2D eigenvalue weighted by molar-refractivity contribution is 7.16. The minimum absolute atomic E-state index is 0.302. The summed E-state index contributed by atoms with van der Waals surface area (Å²) >= 11 is 1.29. The summed E-state index contributed by atoms with van der Waals surface area (Å²) in [5.74, 6) is 1.67. The van der Waals surface area contributed by atoms with Crippen LogP contribution in [-0.2, 0) is 6.18 Å². The lowest BCUT2D eigenvalue weighted by Crippen LogP contribution is -2.21. The third-order valence-corrected chi connectivity index (χ3v) is 5.25. The molecule has 0 bridgehead atoms. The van der Waals surface area contributed by atoms with E-state index < -0.39 is 17.8 Å². The molecule has 0 saturated heterocycles. The zero-order valence-electron chi connectivity index (χ0n) is 14.1. The second-order valence-electron chi connectivity index (χ2n) is 6.10. The molecule has 0 aliphatic carbocycles. The number of hydrogen-bond donors (Lipinski definition) is 0. The summed E-state index contributed by atoms with van der Waals surface area (Å²) in [4.78, 5) is 0.521. The predicted molar refractivity (Wildman–Crippen MR) is 94.4 cm³/mol. The van der Waals surface area contributed by atoms with Crippen molar-refractivity contribution in [1.82, 2.24) is 19.8 Å². The number of alkyl halides is 3. The SMILES string of the molecule is FC(F)(F)c1ccc(-c2nnc3sc([C@@H]4COc5ccccc5O4)nn23)cc1. The molecule has 0 amide bonds. The standard InChI is InChI=1S/C18H11F3N4O2S/c19-18(20,21)11-7-5-10(6-8-11)15-22-23-17-25(15)24-16(28-17)14-9-26-12-3-1-2-4-13(12)27-14/h1-8,14H,9H2/t14-/m0/s1. The van der Waals surface area contributed by atoms with Gasteiger partial charge in [0.05, 0.1) is 5.56 Å². The Balaban J connectivity index is 1.46. The van der Waals surface area contributed by atoms with Crippen LogP contribution in [-0.4, -0.2) is 26.4 Å². The Morgan fingerprint density at radius 2 is 1.75 bits per heavy atom. The normalized spacial score (nSPS) is 16.5. The van der Waals surface area contributed by atoms with Gasteiger partial charge in [-0.2, -0.15) is 22.8 Å². The van der Waals surface area contributed by atoms with Gasteiger partial charge < -0.3 is 9.47 Å². The van der Waals surface area contributed by atoms with E-state index in [1.807, 2.05) is 24.3 Å². The van der Waals surface area contributed by atoms with Crippen LogP contribution < -0.4 is 9.47 Å². The summed E-state index contributed by atoms with van der Waals surface area (Å²) in [6, 6.07) is 12.1. The molecule has 0 unspecified atom stereocenters. The smallest absolute Gasteiger partial charge is 0.416 e. The van der Waals surface area contributed by atoms with E-state index in [0.29, 0.717) is 39.5 Å². The number of para-hydroxylation sites is 2. The third kappa shape index (κ3) is 2.85. The highest BCUT2D eigenvalue weighted by Crippen LogP contribution is 2.37. The summed E-state index contributed by atoms with van der Waals surface area (Å²) in [6.07, 6.45) is -4.79. The van der Waals surface area contributed by atoms with E-state index in [0.717, 1.165) is 12.1 Å². The number of benzene rings is 2.